The first-order valence-electron chi connectivity index (χ1n) is 7.84. The van der Waals surface area contributed by atoms with Crippen molar-refractivity contribution in [3.63, 3.8) is 0 Å². The van der Waals surface area contributed by atoms with E-state index in [-0.39, 0.29) is 0 Å². The van der Waals surface area contributed by atoms with Gasteiger partial charge in [0, 0.05) is 51.8 Å². The number of hydrogen-bond donors (Lipinski definition) is 2. The van der Waals surface area contributed by atoms with Gasteiger partial charge in [0.25, 0.3) is 0 Å². The molecule has 0 saturated heterocycles. The van der Waals surface area contributed by atoms with Gasteiger partial charge in [0.1, 0.15) is 0 Å². The Morgan fingerprint density at radius 1 is 1.22 bits per heavy atom. The minimum Gasteiger partial charge on any atom is -0.478 e. The highest BCUT2D eigenvalue weighted by Crippen LogP contribution is 2.07. The van der Waals surface area contributed by atoms with Crippen molar-refractivity contribution >= 4 is 5.96 Å². The summed E-state index contributed by atoms with van der Waals surface area (Å²) in [4.78, 5) is 8.52. The van der Waals surface area contributed by atoms with Crippen LogP contribution < -0.4 is 15.4 Å². The van der Waals surface area contributed by atoms with Gasteiger partial charge in [-0.1, -0.05) is 13.0 Å². The first-order valence-corrected chi connectivity index (χ1v) is 7.84. The van der Waals surface area contributed by atoms with Crippen molar-refractivity contribution in [1.82, 2.24) is 20.2 Å². The largest absolute Gasteiger partial charge is 0.478 e. The Labute approximate surface area is 137 Å². The highest BCUT2D eigenvalue weighted by molar-refractivity contribution is 5.79. The summed E-state index contributed by atoms with van der Waals surface area (Å²) in [5.74, 6) is 1.43. The summed E-state index contributed by atoms with van der Waals surface area (Å²) in [6, 6.07) is 5.99. The molecule has 2 heterocycles. The maximum absolute atomic E-state index is 5.48. The van der Waals surface area contributed by atoms with Crippen molar-refractivity contribution in [3.05, 3.63) is 47.9 Å². The van der Waals surface area contributed by atoms with Gasteiger partial charge in [0.05, 0.1) is 6.61 Å². The molecule has 0 amide bonds. The van der Waals surface area contributed by atoms with Crippen LogP contribution in [0.2, 0.25) is 0 Å². The topological polar surface area (TPSA) is 63.5 Å². The molecule has 2 rings (SSSR count). The standard InChI is InChI=1S/C17H25N5O/c1-4-9-23-16-6-5-14(10-19-16)11-20-17(18-2)21-12-15-7-8-22(3)13-15/h5-8,10,13H,4,9,11-12H2,1-3H3,(H2,18,20,21). The van der Waals surface area contributed by atoms with Crippen LogP contribution in [-0.2, 0) is 20.1 Å². The lowest BCUT2D eigenvalue weighted by molar-refractivity contribution is 0.305. The predicted molar refractivity (Wildman–Crippen MR) is 92.5 cm³/mol. The zero-order valence-corrected chi connectivity index (χ0v) is 14.0. The fourth-order valence-electron chi connectivity index (χ4n) is 2.07. The number of rotatable bonds is 7. The smallest absolute Gasteiger partial charge is 0.213 e. The van der Waals surface area contributed by atoms with Gasteiger partial charge in [-0.05, 0) is 23.6 Å². The first-order chi connectivity index (χ1) is 11.2. The third-order valence-electron chi connectivity index (χ3n) is 3.29. The second kappa shape index (κ2) is 8.82. The molecule has 0 bridgehead atoms. The van der Waals surface area contributed by atoms with E-state index in [4.69, 9.17) is 4.74 Å². The number of guanidine groups is 1. The third-order valence-corrected chi connectivity index (χ3v) is 3.29. The summed E-state index contributed by atoms with van der Waals surface area (Å²) in [6.07, 6.45) is 6.91. The maximum atomic E-state index is 5.48. The van der Waals surface area contributed by atoms with E-state index in [1.165, 1.54) is 5.56 Å². The molecule has 124 valence electrons. The molecule has 23 heavy (non-hydrogen) atoms. The maximum Gasteiger partial charge on any atom is 0.213 e. The molecule has 6 heteroatoms. The van der Waals surface area contributed by atoms with Gasteiger partial charge in [0.2, 0.25) is 5.88 Å². The fourth-order valence-corrected chi connectivity index (χ4v) is 2.07. The van der Waals surface area contributed by atoms with Crippen LogP contribution in [0.4, 0.5) is 0 Å². The molecule has 0 spiro atoms. The Morgan fingerprint density at radius 3 is 2.57 bits per heavy atom. The monoisotopic (exact) mass is 315 g/mol. The number of aryl methyl sites for hydroxylation is 1. The molecule has 2 aromatic rings. The van der Waals surface area contributed by atoms with E-state index in [1.54, 1.807) is 7.05 Å². The van der Waals surface area contributed by atoms with Gasteiger partial charge in [-0.2, -0.15) is 0 Å². The van der Waals surface area contributed by atoms with Gasteiger partial charge < -0.3 is 19.9 Å². The summed E-state index contributed by atoms with van der Waals surface area (Å²) < 4.78 is 7.51. The average molecular weight is 315 g/mol. The Hall–Kier alpha value is -2.50. The minimum absolute atomic E-state index is 0.662. The Morgan fingerprint density at radius 2 is 2.00 bits per heavy atom. The summed E-state index contributed by atoms with van der Waals surface area (Å²) in [7, 11) is 3.78. The van der Waals surface area contributed by atoms with Crippen LogP contribution in [0.5, 0.6) is 5.88 Å². The van der Waals surface area contributed by atoms with Crippen molar-refractivity contribution < 1.29 is 4.74 Å². The van der Waals surface area contributed by atoms with Crippen molar-refractivity contribution in [2.45, 2.75) is 26.4 Å². The Balaban J connectivity index is 1.78. The lowest BCUT2D eigenvalue weighted by atomic mass is 10.3. The number of aromatic nitrogens is 2. The average Bonchev–Trinajstić information content (AvgIpc) is 2.99. The van der Waals surface area contributed by atoms with Crippen LogP contribution in [-0.4, -0.2) is 29.2 Å². The van der Waals surface area contributed by atoms with Crippen LogP contribution in [0.25, 0.3) is 0 Å². The van der Waals surface area contributed by atoms with Crippen molar-refractivity contribution in [1.29, 1.82) is 0 Å². The first kappa shape index (κ1) is 16.9. The number of ether oxygens (including phenoxy) is 1. The van der Waals surface area contributed by atoms with Gasteiger partial charge >= 0.3 is 0 Å². The van der Waals surface area contributed by atoms with Crippen molar-refractivity contribution in [2.75, 3.05) is 13.7 Å². The van der Waals surface area contributed by atoms with Crippen LogP contribution in [0, 0.1) is 0 Å². The molecule has 2 N–H and O–H groups in total. The minimum atomic E-state index is 0.662. The molecule has 0 aliphatic rings. The molecule has 0 aliphatic heterocycles. The number of nitrogens with one attached hydrogen (secondary N) is 2. The molecule has 0 aliphatic carbocycles. The van der Waals surface area contributed by atoms with Crippen molar-refractivity contribution in [2.24, 2.45) is 12.0 Å². The van der Waals surface area contributed by atoms with E-state index in [1.807, 2.05) is 36.1 Å². The lowest BCUT2D eigenvalue weighted by Gasteiger charge is -2.11. The third kappa shape index (κ3) is 5.65. The van der Waals surface area contributed by atoms with Crippen molar-refractivity contribution in [3.8, 4) is 5.88 Å². The highest BCUT2D eigenvalue weighted by Gasteiger charge is 2.01. The molecular formula is C17H25N5O. The second-order valence-electron chi connectivity index (χ2n) is 5.32. The van der Waals surface area contributed by atoms with E-state index >= 15 is 0 Å². The van der Waals surface area contributed by atoms with Gasteiger partial charge in [-0.15, -0.1) is 0 Å². The SMILES string of the molecule is CCCOc1ccc(CNC(=NC)NCc2ccn(C)c2)cn1. The lowest BCUT2D eigenvalue weighted by Crippen LogP contribution is -2.36. The number of hydrogen-bond acceptors (Lipinski definition) is 3. The Bertz CT molecular complexity index is 618. The molecule has 0 saturated carbocycles. The number of nitrogens with zero attached hydrogens (tertiary/aromatic N) is 3. The molecule has 0 unspecified atom stereocenters. The van der Waals surface area contributed by atoms with Crippen LogP contribution >= 0.6 is 0 Å². The van der Waals surface area contributed by atoms with E-state index < -0.39 is 0 Å². The predicted octanol–water partition coefficient (Wildman–Crippen LogP) is 2.07. The van der Waals surface area contributed by atoms with Crippen LogP contribution in [0.15, 0.2) is 41.8 Å². The summed E-state index contributed by atoms with van der Waals surface area (Å²) >= 11 is 0. The van der Waals surface area contributed by atoms with Gasteiger partial charge in [-0.25, -0.2) is 4.98 Å². The number of pyridine rings is 1. The molecule has 0 fully saturated rings. The van der Waals surface area contributed by atoms with Gasteiger partial charge in [-0.3, -0.25) is 4.99 Å². The highest BCUT2D eigenvalue weighted by atomic mass is 16.5. The van der Waals surface area contributed by atoms with Crippen LogP contribution in [0.1, 0.15) is 24.5 Å². The molecular weight excluding hydrogens is 290 g/mol. The summed E-state index contributed by atoms with van der Waals surface area (Å²) in [5, 5.41) is 6.57. The van der Waals surface area contributed by atoms with Gasteiger partial charge in [0.15, 0.2) is 5.96 Å². The zero-order valence-electron chi connectivity index (χ0n) is 14.0. The molecule has 2 aromatic heterocycles. The van der Waals surface area contributed by atoms with E-state index in [0.29, 0.717) is 19.0 Å². The van der Waals surface area contributed by atoms with E-state index in [9.17, 15) is 0 Å². The molecule has 0 atom stereocenters. The molecule has 6 nitrogen and oxygen atoms in total. The van der Waals surface area contributed by atoms with E-state index in [0.717, 1.165) is 24.5 Å². The normalized spacial score (nSPS) is 11.3. The summed E-state index contributed by atoms with van der Waals surface area (Å²) in [5.41, 5.74) is 2.30. The fraction of sp³-hybridized carbons (Fsp3) is 0.412. The molecule has 0 aromatic carbocycles. The van der Waals surface area contributed by atoms with E-state index in [2.05, 4.69) is 39.8 Å². The quantitative estimate of drug-likeness (QED) is 0.606. The number of aliphatic imine (C=N–C) groups is 1. The summed E-state index contributed by atoms with van der Waals surface area (Å²) in [6.45, 7) is 4.17. The molecule has 0 radical (unpaired) electrons. The van der Waals surface area contributed by atoms with Crippen LogP contribution in [0.3, 0.4) is 0 Å². The zero-order chi connectivity index (χ0) is 16.5. The Kier molecular flexibility index (Phi) is 6.47. The second-order valence-corrected chi connectivity index (χ2v) is 5.32.